The van der Waals surface area contributed by atoms with Crippen molar-refractivity contribution in [3.8, 4) is 11.3 Å². The van der Waals surface area contributed by atoms with Gasteiger partial charge in [0.15, 0.2) is 0 Å². The van der Waals surface area contributed by atoms with Gasteiger partial charge in [-0.2, -0.15) is 0 Å². The Morgan fingerprint density at radius 1 is 1.12 bits per heavy atom. The Hall–Kier alpha value is -3.05. The molecular formula is C21H19N3O2. The minimum absolute atomic E-state index is 0.0911. The molecule has 0 bridgehead atoms. The van der Waals surface area contributed by atoms with Gasteiger partial charge in [0.1, 0.15) is 5.76 Å². The molecule has 0 saturated carbocycles. The van der Waals surface area contributed by atoms with E-state index in [0.717, 1.165) is 42.1 Å². The third kappa shape index (κ3) is 2.57. The van der Waals surface area contributed by atoms with Crippen LogP contribution in [0.25, 0.3) is 11.3 Å². The summed E-state index contributed by atoms with van der Waals surface area (Å²) in [7, 11) is 0. The number of nitrogens with zero attached hydrogens (tertiary/aromatic N) is 2. The number of nitrogens with one attached hydrogen (secondary N) is 1. The fourth-order valence-corrected chi connectivity index (χ4v) is 3.84. The summed E-state index contributed by atoms with van der Waals surface area (Å²) < 4.78 is 11.0. The second-order valence-electron chi connectivity index (χ2n) is 6.58. The number of fused-ring (bicyclic) bond motifs is 1. The molecule has 1 atom stereocenters. The Morgan fingerprint density at radius 2 is 2.08 bits per heavy atom. The standard InChI is InChI=1S/C21H19N3O2/c1-2-5-17(19-6-3-10-26-19)15(4-1)12-24-9-7-18-20(23-14-22-18)21(24)16-8-11-25-13-16/h1-6,8,10-11,13-14,21H,7,9,12H2,(H,22,23). The summed E-state index contributed by atoms with van der Waals surface area (Å²) in [5, 5.41) is 0. The Bertz CT molecular complexity index is 986. The van der Waals surface area contributed by atoms with Gasteiger partial charge in [-0.1, -0.05) is 24.3 Å². The average molecular weight is 345 g/mol. The number of furan rings is 2. The van der Waals surface area contributed by atoms with Crippen molar-refractivity contribution >= 4 is 0 Å². The van der Waals surface area contributed by atoms with E-state index in [4.69, 9.17) is 8.83 Å². The van der Waals surface area contributed by atoms with Crippen molar-refractivity contribution in [1.29, 1.82) is 0 Å². The SMILES string of the molecule is c1coc(-c2ccccc2CN2CCc3[nH]cnc3C2c2ccoc2)c1. The minimum atomic E-state index is 0.0911. The van der Waals surface area contributed by atoms with Crippen LogP contribution in [-0.2, 0) is 13.0 Å². The van der Waals surface area contributed by atoms with Crippen LogP contribution in [0.2, 0.25) is 0 Å². The van der Waals surface area contributed by atoms with Gasteiger partial charge in [0.2, 0.25) is 0 Å². The molecule has 3 aromatic heterocycles. The lowest BCUT2D eigenvalue weighted by Gasteiger charge is -2.34. The second-order valence-corrected chi connectivity index (χ2v) is 6.58. The fraction of sp³-hybridized carbons (Fsp3) is 0.190. The zero-order chi connectivity index (χ0) is 17.3. The zero-order valence-corrected chi connectivity index (χ0v) is 14.3. The fourth-order valence-electron chi connectivity index (χ4n) is 3.84. The van der Waals surface area contributed by atoms with Gasteiger partial charge in [-0.15, -0.1) is 0 Å². The molecule has 5 rings (SSSR count). The first-order valence-corrected chi connectivity index (χ1v) is 8.80. The number of imidazole rings is 1. The van der Waals surface area contributed by atoms with Crippen molar-refractivity contribution < 1.29 is 8.83 Å². The maximum atomic E-state index is 5.64. The molecule has 0 radical (unpaired) electrons. The van der Waals surface area contributed by atoms with Gasteiger partial charge < -0.3 is 13.8 Å². The van der Waals surface area contributed by atoms with E-state index in [2.05, 4.69) is 39.1 Å². The Labute approximate surface area is 151 Å². The number of H-pyrrole nitrogens is 1. The lowest BCUT2D eigenvalue weighted by Crippen LogP contribution is -2.35. The van der Waals surface area contributed by atoms with Gasteiger partial charge in [-0.3, -0.25) is 4.90 Å². The highest BCUT2D eigenvalue weighted by Crippen LogP contribution is 2.36. The van der Waals surface area contributed by atoms with Crippen molar-refractivity contribution in [3.05, 3.63) is 90.1 Å². The zero-order valence-electron chi connectivity index (χ0n) is 14.3. The monoisotopic (exact) mass is 345 g/mol. The highest BCUT2D eigenvalue weighted by molar-refractivity contribution is 5.62. The number of aromatic amines is 1. The Morgan fingerprint density at radius 3 is 2.92 bits per heavy atom. The highest BCUT2D eigenvalue weighted by Gasteiger charge is 2.32. The van der Waals surface area contributed by atoms with Crippen LogP contribution >= 0.6 is 0 Å². The smallest absolute Gasteiger partial charge is 0.134 e. The van der Waals surface area contributed by atoms with E-state index in [-0.39, 0.29) is 6.04 Å². The third-order valence-electron chi connectivity index (χ3n) is 5.06. The van der Waals surface area contributed by atoms with E-state index >= 15 is 0 Å². The summed E-state index contributed by atoms with van der Waals surface area (Å²) in [6.07, 6.45) is 8.02. The average Bonchev–Trinajstić information content (AvgIpc) is 3.43. The predicted molar refractivity (Wildman–Crippen MR) is 97.4 cm³/mol. The molecule has 1 aliphatic heterocycles. The van der Waals surface area contributed by atoms with Crippen LogP contribution in [0.4, 0.5) is 0 Å². The molecule has 26 heavy (non-hydrogen) atoms. The lowest BCUT2D eigenvalue weighted by molar-refractivity contribution is 0.200. The molecule has 1 aliphatic rings. The number of hydrogen-bond donors (Lipinski definition) is 1. The van der Waals surface area contributed by atoms with Crippen LogP contribution in [0, 0.1) is 0 Å². The summed E-state index contributed by atoms with van der Waals surface area (Å²) in [5.41, 5.74) is 5.82. The van der Waals surface area contributed by atoms with E-state index in [1.807, 2.05) is 24.5 Å². The summed E-state index contributed by atoms with van der Waals surface area (Å²) in [4.78, 5) is 10.3. The maximum Gasteiger partial charge on any atom is 0.134 e. The van der Waals surface area contributed by atoms with Crippen molar-refractivity contribution in [2.75, 3.05) is 6.54 Å². The lowest BCUT2D eigenvalue weighted by atomic mass is 9.96. The first-order chi connectivity index (χ1) is 12.9. The third-order valence-corrected chi connectivity index (χ3v) is 5.06. The number of benzene rings is 1. The van der Waals surface area contributed by atoms with Gasteiger partial charge in [-0.25, -0.2) is 4.98 Å². The molecule has 130 valence electrons. The van der Waals surface area contributed by atoms with E-state index < -0.39 is 0 Å². The van der Waals surface area contributed by atoms with Crippen molar-refractivity contribution in [2.45, 2.75) is 19.0 Å². The van der Waals surface area contributed by atoms with Crippen LogP contribution in [-0.4, -0.2) is 21.4 Å². The maximum absolute atomic E-state index is 5.64. The molecule has 0 amide bonds. The Kier molecular flexibility index (Phi) is 3.72. The number of aromatic nitrogens is 2. The largest absolute Gasteiger partial charge is 0.472 e. The van der Waals surface area contributed by atoms with Crippen molar-refractivity contribution in [1.82, 2.24) is 14.9 Å². The molecule has 0 saturated heterocycles. The van der Waals surface area contributed by atoms with E-state index in [0.29, 0.717) is 0 Å². The molecule has 1 aromatic carbocycles. The summed E-state index contributed by atoms with van der Waals surface area (Å²) in [5.74, 6) is 0.901. The predicted octanol–water partition coefficient (Wildman–Crippen LogP) is 4.41. The molecule has 0 aliphatic carbocycles. The first-order valence-electron chi connectivity index (χ1n) is 8.80. The molecular weight excluding hydrogens is 326 g/mol. The van der Waals surface area contributed by atoms with E-state index in [9.17, 15) is 0 Å². The van der Waals surface area contributed by atoms with Gasteiger partial charge in [0, 0.05) is 36.3 Å². The second kappa shape index (κ2) is 6.35. The molecule has 4 aromatic rings. The minimum Gasteiger partial charge on any atom is -0.472 e. The summed E-state index contributed by atoms with van der Waals surface area (Å²) in [6, 6.07) is 14.5. The topological polar surface area (TPSA) is 58.2 Å². The normalized spacial score (nSPS) is 17.3. The molecule has 1 unspecified atom stereocenters. The summed E-state index contributed by atoms with van der Waals surface area (Å²) in [6.45, 7) is 1.77. The van der Waals surface area contributed by atoms with Gasteiger partial charge in [-0.05, 0) is 23.8 Å². The van der Waals surface area contributed by atoms with Crippen LogP contribution in [0.1, 0.15) is 28.6 Å². The Balaban J connectivity index is 1.53. The molecule has 5 heteroatoms. The van der Waals surface area contributed by atoms with E-state index in [1.54, 1.807) is 18.9 Å². The molecule has 0 fully saturated rings. The van der Waals surface area contributed by atoms with Gasteiger partial charge >= 0.3 is 0 Å². The van der Waals surface area contributed by atoms with Gasteiger partial charge in [0.25, 0.3) is 0 Å². The first kappa shape index (κ1) is 15.2. The molecule has 5 nitrogen and oxygen atoms in total. The van der Waals surface area contributed by atoms with Crippen LogP contribution in [0.5, 0.6) is 0 Å². The van der Waals surface area contributed by atoms with Crippen LogP contribution < -0.4 is 0 Å². The molecule has 4 heterocycles. The van der Waals surface area contributed by atoms with Crippen LogP contribution in [0.15, 0.2) is 76.4 Å². The summed E-state index contributed by atoms with van der Waals surface area (Å²) >= 11 is 0. The van der Waals surface area contributed by atoms with Crippen molar-refractivity contribution in [2.24, 2.45) is 0 Å². The quantitative estimate of drug-likeness (QED) is 0.595. The molecule has 0 spiro atoms. The van der Waals surface area contributed by atoms with Crippen LogP contribution in [0.3, 0.4) is 0 Å². The highest BCUT2D eigenvalue weighted by atomic mass is 16.3. The molecule has 1 N–H and O–H groups in total. The number of rotatable bonds is 4. The van der Waals surface area contributed by atoms with E-state index in [1.165, 1.54) is 11.3 Å². The van der Waals surface area contributed by atoms with Gasteiger partial charge in [0.05, 0.1) is 36.9 Å². The van der Waals surface area contributed by atoms with Crippen molar-refractivity contribution in [3.63, 3.8) is 0 Å². The number of hydrogen-bond acceptors (Lipinski definition) is 4.